The van der Waals surface area contributed by atoms with E-state index in [0.717, 1.165) is 55.2 Å². The third-order valence-electron chi connectivity index (χ3n) is 7.67. The number of rotatable bonds is 6. The van der Waals surface area contributed by atoms with E-state index in [2.05, 4.69) is 16.3 Å². The molecule has 2 saturated heterocycles. The van der Waals surface area contributed by atoms with E-state index < -0.39 is 0 Å². The highest BCUT2D eigenvalue weighted by Gasteiger charge is 2.28. The number of hydrogen-bond acceptors (Lipinski definition) is 4. The quantitative estimate of drug-likeness (QED) is 0.515. The fourth-order valence-corrected chi connectivity index (χ4v) is 5.60. The molecule has 0 aliphatic carbocycles. The number of phenols is 1. The fourth-order valence-electron chi connectivity index (χ4n) is 5.60. The number of aromatic hydroxyl groups is 1. The van der Waals surface area contributed by atoms with Crippen LogP contribution in [-0.2, 0) is 11.3 Å². The fraction of sp³-hybridized carbons (Fsp3) is 0.400. The summed E-state index contributed by atoms with van der Waals surface area (Å²) in [5, 5.41) is 15.3. The van der Waals surface area contributed by atoms with E-state index in [-0.39, 0.29) is 35.3 Å². The first-order valence-corrected chi connectivity index (χ1v) is 13.1. The van der Waals surface area contributed by atoms with E-state index in [9.17, 15) is 19.1 Å². The third kappa shape index (κ3) is 6.10. The van der Waals surface area contributed by atoms with Crippen LogP contribution in [0.15, 0.2) is 54.6 Å². The zero-order chi connectivity index (χ0) is 25.9. The number of benzene rings is 3. The standard InChI is InChI=1S/C30H34FN3O3/c1-20-2-7-27(28(35)14-20)30(37)34-12-8-21(9-13-34)16-29(36)32-26-10-11-33(19-26)18-22-3-4-24-17-25(31)6-5-23(24)15-22/h2-7,14-15,17,21,26,35H,8-13,16,18-19H2,1H3,(H,32,36). The Bertz CT molecular complexity index is 1300. The van der Waals surface area contributed by atoms with Crippen LogP contribution in [-0.4, -0.2) is 58.9 Å². The molecule has 1 atom stereocenters. The number of halogens is 1. The SMILES string of the molecule is Cc1ccc(C(=O)N2CCC(CC(=O)NC3CCN(Cc4ccc5cc(F)ccc5c4)C3)CC2)c(O)c1. The van der Waals surface area contributed by atoms with Gasteiger partial charge in [0, 0.05) is 45.2 Å². The van der Waals surface area contributed by atoms with Gasteiger partial charge in [-0.3, -0.25) is 14.5 Å². The monoisotopic (exact) mass is 503 g/mol. The third-order valence-corrected chi connectivity index (χ3v) is 7.67. The minimum Gasteiger partial charge on any atom is -0.507 e. The predicted octanol–water partition coefficient (Wildman–Crippen LogP) is 4.63. The van der Waals surface area contributed by atoms with Crippen LogP contribution in [0.3, 0.4) is 0 Å². The van der Waals surface area contributed by atoms with E-state index in [4.69, 9.17) is 0 Å². The molecule has 7 heteroatoms. The second kappa shape index (κ2) is 10.9. The predicted molar refractivity (Wildman–Crippen MR) is 142 cm³/mol. The molecule has 2 heterocycles. The van der Waals surface area contributed by atoms with Gasteiger partial charge in [0.2, 0.25) is 5.91 Å². The molecule has 2 amide bonds. The molecule has 194 valence electrons. The molecular formula is C30H34FN3O3. The van der Waals surface area contributed by atoms with Crippen LogP contribution < -0.4 is 5.32 Å². The van der Waals surface area contributed by atoms with Crippen molar-refractivity contribution in [3.8, 4) is 5.75 Å². The average molecular weight is 504 g/mol. The largest absolute Gasteiger partial charge is 0.507 e. The maximum atomic E-state index is 13.4. The van der Waals surface area contributed by atoms with Gasteiger partial charge in [-0.15, -0.1) is 0 Å². The lowest BCUT2D eigenvalue weighted by molar-refractivity contribution is -0.122. The Morgan fingerprint density at radius 1 is 0.973 bits per heavy atom. The zero-order valence-corrected chi connectivity index (χ0v) is 21.3. The first-order valence-electron chi connectivity index (χ1n) is 13.1. The number of likely N-dealkylation sites (tertiary alicyclic amines) is 2. The molecule has 37 heavy (non-hydrogen) atoms. The summed E-state index contributed by atoms with van der Waals surface area (Å²) in [7, 11) is 0. The van der Waals surface area contributed by atoms with Crippen molar-refractivity contribution in [1.29, 1.82) is 0 Å². The van der Waals surface area contributed by atoms with Gasteiger partial charge in [0.15, 0.2) is 0 Å². The van der Waals surface area contributed by atoms with E-state index in [1.807, 2.05) is 31.2 Å². The Morgan fingerprint density at radius 3 is 2.51 bits per heavy atom. The second-order valence-electron chi connectivity index (χ2n) is 10.6. The summed E-state index contributed by atoms with van der Waals surface area (Å²) in [5.41, 5.74) is 2.44. The van der Waals surface area contributed by atoms with Gasteiger partial charge in [0.1, 0.15) is 11.6 Å². The van der Waals surface area contributed by atoms with Crippen molar-refractivity contribution in [1.82, 2.24) is 15.1 Å². The summed E-state index contributed by atoms with van der Waals surface area (Å²) in [6.07, 6.45) is 2.98. The number of carbonyl (C=O) groups excluding carboxylic acids is 2. The Hall–Kier alpha value is -3.45. The molecule has 0 spiro atoms. The molecule has 2 aliphatic heterocycles. The Balaban J connectivity index is 1.06. The normalized spacial score (nSPS) is 18.9. The van der Waals surface area contributed by atoms with Crippen molar-refractivity contribution in [2.24, 2.45) is 5.92 Å². The van der Waals surface area contributed by atoms with Gasteiger partial charge in [-0.05, 0) is 84.3 Å². The van der Waals surface area contributed by atoms with Crippen molar-refractivity contribution in [2.45, 2.75) is 45.2 Å². The maximum Gasteiger partial charge on any atom is 0.257 e. The van der Waals surface area contributed by atoms with Gasteiger partial charge in [0.25, 0.3) is 5.91 Å². The Kier molecular flexibility index (Phi) is 7.42. The van der Waals surface area contributed by atoms with Gasteiger partial charge < -0.3 is 15.3 Å². The molecular weight excluding hydrogens is 469 g/mol. The Labute approximate surface area is 217 Å². The van der Waals surface area contributed by atoms with E-state index >= 15 is 0 Å². The van der Waals surface area contributed by atoms with Crippen LogP contribution in [0.25, 0.3) is 10.8 Å². The van der Waals surface area contributed by atoms with E-state index in [0.29, 0.717) is 25.1 Å². The zero-order valence-electron chi connectivity index (χ0n) is 21.3. The van der Waals surface area contributed by atoms with Crippen molar-refractivity contribution in [3.63, 3.8) is 0 Å². The molecule has 3 aromatic carbocycles. The lowest BCUT2D eigenvalue weighted by Crippen LogP contribution is -2.41. The summed E-state index contributed by atoms with van der Waals surface area (Å²) >= 11 is 0. The van der Waals surface area contributed by atoms with E-state index in [1.54, 1.807) is 23.1 Å². The van der Waals surface area contributed by atoms with Crippen LogP contribution in [0.2, 0.25) is 0 Å². The molecule has 0 saturated carbocycles. The number of carbonyl (C=O) groups is 2. The number of fused-ring (bicyclic) bond motifs is 1. The number of nitrogens with one attached hydrogen (secondary N) is 1. The number of aryl methyl sites for hydroxylation is 1. The number of amides is 2. The highest BCUT2D eigenvalue weighted by molar-refractivity contribution is 5.97. The first kappa shape index (κ1) is 25.2. The molecule has 3 aromatic rings. The van der Waals surface area contributed by atoms with Gasteiger partial charge in [-0.1, -0.05) is 24.3 Å². The molecule has 0 radical (unpaired) electrons. The van der Waals surface area contributed by atoms with E-state index in [1.165, 1.54) is 11.6 Å². The molecule has 2 N–H and O–H groups in total. The summed E-state index contributed by atoms with van der Waals surface area (Å²) < 4.78 is 13.4. The molecule has 0 bridgehead atoms. The molecule has 6 nitrogen and oxygen atoms in total. The smallest absolute Gasteiger partial charge is 0.257 e. The summed E-state index contributed by atoms with van der Waals surface area (Å²) in [6, 6.07) is 16.2. The van der Waals surface area contributed by atoms with Crippen molar-refractivity contribution in [2.75, 3.05) is 26.2 Å². The highest BCUT2D eigenvalue weighted by atomic mass is 19.1. The molecule has 2 aliphatic rings. The average Bonchev–Trinajstić information content (AvgIpc) is 3.30. The van der Waals surface area contributed by atoms with Crippen LogP contribution in [0.1, 0.15) is 47.2 Å². The van der Waals surface area contributed by atoms with Crippen LogP contribution in [0.5, 0.6) is 5.75 Å². The summed E-state index contributed by atoms with van der Waals surface area (Å²) in [6.45, 7) is 5.63. The highest BCUT2D eigenvalue weighted by Crippen LogP contribution is 2.26. The minimum absolute atomic E-state index is 0.0214. The number of piperidine rings is 1. The van der Waals surface area contributed by atoms with Crippen LogP contribution in [0.4, 0.5) is 4.39 Å². The topological polar surface area (TPSA) is 72.9 Å². The number of hydrogen-bond donors (Lipinski definition) is 2. The summed E-state index contributed by atoms with van der Waals surface area (Å²) in [4.78, 5) is 29.7. The summed E-state index contributed by atoms with van der Waals surface area (Å²) in [5.74, 6) is -0.00534. The first-order chi connectivity index (χ1) is 17.8. The second-order valence-corrected chi connectivity index (χ2v) is 10.6. The van der Waals surface area contributed by atoms with Crippen LogP contribution >= 0.6 is 0 Å². The van der Waals surface area contributed by atoms with Crippen molar-refractivity contribution < 1.29 is 19.1 Å². The maximum absolute atomic E-state index is 13.4. The Morgan fingerprint density at radius 2 is 1.73 bits per heavy atom. The van der Waals surface area contributed by atoms with Gasteiger partial charge in [-0.25, -0.2) is 4.39 Å². The lowest BCUT2D eigenvalue weighted by Gasteiger charge is -2.32. The van der Waals surface area contributed by atoms with Crippen molar-refractivity contribution >= 4 is 22.6 Å². The van der Waals surface area contributed by atoms with Crippen LogP contribution in [0, 0.1) is 18.7 Å². The molecule has 5 rings (SSSR count). The number of phenolic OH excluding ortho intramolecular Hbond substituents is 1. The van der Waals surface area contributed by atoms with Gasteiger partial charge in [-0.2, -0.15) is 0 Å². The van der Waals surface area contributed by atoms with Gasteiger partial charge >= 0.3 is 0 Å². The van der Waals surface area contributed by atoms with Crippen molar-refractivity contribution in [3.05, 3.63) is 77.1 Å². The molecule has 2 fully saturated rings. The van der Waals surface area contributed by atoms with Gasteiger partial charge in [0.05, 0.1) is 5.56 Å². The lowest BCUT2D eigenvalue weighted by atomic mass is 9.92. The molecule has 0 aromatic heterocycles. The number of nitrogens with zero attached hydrogens (tertiary/aromatic N) is 2. The molecule has 1 unspecified atom stereocenters. The minimum atomic E-state index is -0.222.